The minimum atomic E-state index is -2.71. The van der Waals surface area contributed by atoms with Gasteiger partial charge in [-0.1, -0.05) is 64.7 Å². The Hall–Kier alpha value is -1.71. The molecule has 0 saturated carbocycles. The van der Waals surface area contributed by atoms with Crippen LogP contribution in [-0.4, -0.2) is 33.2 Å². The Bertz CT molecular complexity index is 327. The van der Waals surface area contributed by atoms with Gasteiger partial charge in [0.25, 0.3) is 5.41 Å². The molecule has 0 amide bonds. The first kappa shape index (κ1) is 30.2. The lowest BCUT2D eigenvalue weighted by Crippen LogP contribution is -2.46. The van der Waals surface area contributed by atoms with E-state index in [1.54, 1.807) is 0 Å². The highest BCUT2D eigenvalue weighted by atomic mass is 16.4. The number of rotatable bonds is 13. The minimum absolute atomic E-state index is 0. The Labute approximate surface area is 143 Å². The van der Waals surface area contributed by atoms with Gasteiger partial charge in [-0.3, -0.25) is 14.4 Å². The van der Waals surface area contributed by atoms with Crippen LogP contribution in [0.1, 0.15) is 71.1 Å². The third-order valence-corrected chi connectivity index (χ3v) is 3.75. The van der Waals surface area contributed by atoms with Crippen LogP contribution >= 0.6 is 0 Å². The molecule has 0 spiro atoms. The quantitative estimate of drug-likeness (QED) is 0.210. The van der Waals surface area contributed by atoms with E-state index in [0.29, 0.717) is 12.8 Å². The molecule has 0 aromatic carbocycles. The average Bonchev–Trinajstić information content (AvgIpc) is 2.39. The number of carboxylic acids is 3. The molecule has 0 heterocycles. The molecule has 0 unspecified atom stereocenters. The number of hydrogen-bond acceptors (Lipinski definition) is 6. The Balaban J connectivity index is -0.000000667. The van der Waals surface area contributed by atoms with Gasteiger partial charge in [-0.25, -0.2) is 0 Å². The summed E-state index contributed by atoms with van der Waals surface area (Å²) in [6.07, 6.45) is 8.41. The van der Waals surface area contributed by atoms with Gasteiger partial charge in [-0.15, -0.1) is 0 Å². The summed E-state index contributed by atoms with van der Waals surface area (Å²) in [7, 11) is 0. The molecular formula is C15H35N3O6. The van der Waals surface area contributed by atoms with Gasteiger partial charge in [-0.2, -0.15) is 0 Å². The SMILES string of the molecule is CCCCCCCCCCCC(C(=O)O)(C(=O)O)C(=O)O.N.N.N. The van der Waals surface area contributed by atoms with Gasteiger partial charge >= 0.3 is 17.9 Å². The van der Waals surface area contributed by atoms with Crippen molar-refractivity contribution in [3.63, 3.8) is 0 Å². The van der Waals surface area contributed by atoms with Crippen LogP contribution in [0.25, 0.3) is 0 Å². The first-order chi connectivity index (χ1) is 9.89. The summed E-state index contributed by atoms with van der Waals surface area (Å²) >= 11 is 0. The molecule has 0 aliphatic carbocycles. The van der Waals surface area contributed by atoms with E-state index >= 15 is 0 Å². The second kappa shape index (κ2) is 16.2. The fraction of sp³-hybridized carbons (Fsp3) is 0.800. The van der Waals surface area contributed by atoms with Crippen molar-refractivity contribution in [1.82, 2.24) is 18.5 Å². The standard InChI is InChI=1S/C15H26O6.3H3N/c1-2-3-4-5-6-7-8-9-10-11-15(12(16)17,13(18)19)14(20)21;;;/h2-11H2,1H3,(H,16,17)(H,18,19)(H,20,21);3*1H3. The number of carboxylic acid groups (broad SMARTS) is 3. The Morgan fingerprint density at radius 1 is 0.625 bits per heavy atom. The maximum absolute atomic E-state index is 11.0. The lowest BCUT2D eigenvalue weighted by atomic mass is 9.82. The van der Waals surface area contributed by atoms with E-state index in [4.69, 9.17) is 15.3 Å². The van der Waals surface area contributed by atoms with Crippen LogP contribution in [0.3, 0.4) is 0 Å². The van der Waals surface area contributed by atoms with Crippen molar-refractivity contribution >= 4 is 17.9 Å². The lowest BCUT2D eigenvalue weighted by Gasteiger charge is -2.19. The third kappa shape index (κ3) is 9.43. The maximum atomic E-state index is 11.0. The summed E-state index contributed by atoms with van der Waals surface area (Å²) in [6, 6.07) is 0. The van der Waals surface area contributed by atoms with E-state index in [1.165, 1.54) is 25.7 Å². The Morgan fingerprint density at radius 3 is 1.21 bits per heavy atom. The van der Waals surface area contributed by atoms with Gasteiger partial charge < -0.3 is 33.8 Å². The zero-order chi connectivity index (χ0) is 16.3. The molecule has 9 heteroatoms. The van der Waals surface area contributed by atoms with Crippen LogP contribution in [0.15, 0.2) is 0 Å². The van der Waals surface area contributed by atoms with Gasteiger partial charge in [0.15, 0.2) is 0 Å². The second-order valence-corrected chi connectivity index (χ2v) is 5.40. The summed E-state index contributed by atoms with van der Waals surface area (Å²) in [6.45, 7) is 2.15. The average molecular weight is 353 g/mol. The molecule has 0 aliphatic rings. The molecule has 0 aromatic heterocycles. The number of unbranched alkanes of at least 4 members (excludes halogenated alkanes) is 8. The van der Waals surface area contributed by atoms with Crippen molar-refractivity contribution in [2.75, 3.05) is 0 Å². The normalized spacial score (nSPS) is 9.88. The molecule has 9 nitrogen and oxygen atoms in total. The molecule has 0 aromatic rings. The fourth-order valence-electron chi connectivity index (χ4n) is 2.30. The lowest BCUT2D eigenvalue weighted by molar-refractivity contribution is -0.176. The van der Waals surface area contributed by atoms with E-state index in [1.807, 2.05) is 0 Å². The van der Waals surface area contributed by atoms with Crippen molar-refractivity contribution in [1.29, 1.82) is 0 Å². The topological polar surface area (TPSA) is 217 Å². The predicted octanol–water partition coefficient (Wildman–Crippen LogP) is 3.63. The van der Waals surface area contributed by atoms with Gasteiger partial charge in [-0.05, 0) is 6.42 Å². The van der Waals surface area contributed by atoms with Crippen LogP contribution in [0, 0.1) is 5.41 Å². The van der Waals surface area contributed by atoms with E-state index in [-0.39, 0.29) is 24.9 Å². The number of hydrogen-bond donors (Lipinski definition) is 6. The summed E-state index contributed by atoms with van der Waals surface area (Å²) in [5, 5.41) is 26.8. The fourth-order valence-corrected chi connectivity index (χ4v) is 2.30. The Kier molecular flexibility index (Phi) is 20.3. The largest absolute Gasteiger partial charge is 0.480 e. The van der Waals surface area contributed by atoms with Crippen LogP contribution in [0.5, 0.6) is 0 Å². The van der Waals surface area contributed by atoms with Crippen LogP contribution in [-0.2, 0) is 14.4 Å². The molecule has 24 heavy (non-hydrogen) atoms. The van der Waals surface area contributed by atoms with Gasteiger partial charge in [0.2, 0.25) is 0 Å². The van der Waals surface area contributed by atoms with E-state index in [2.05, 4.69) is 6.92 Å². The maximum Gasteiger partial charge on any atom is 0.332 e. The highest BCUT2D eigenvalue weighted by molar-refractivity contribution is 6.16. The molecule has 0 radical (unpaired) electrons. The van der Waals surface area contributed by atoms with E-state index in [0.717, 1.165) is 19.3 Å². The van der Waals surface area contributed by atoms with Crippen molar-refractivity contribution < 1.29 is 29.7 Å². The zero-order valence-corrected chi connectivity index (χ0v) is 14.8. The third-order valence-electron chi connectivity index (χ3n) is 3.75. The predicted molar refractivity (Wildman–Crippen MR) is 92.3 cm³/mol. The van der Waals surface area contributed by atoms with Crippen molar-refractivity contribution in [2.45, 2.75) is 71.1 Å². The molecule has 12 N–H and O–H groups in total. The van der Waals surface area contributed by atoms with Crippen LogP contribution in [0.2, 0.25) is 0 Å². The molecule has 0 bridgehead atoms. The highest BCUT2D eigenvalue weighted by Gasteiger charge is 2.53. The van der Waals surface area contributed by atoms with Crippen LogP contribution in [0.4, 0.5) is 0 Å². The van der Waals surface area contributed by atoms with E-state index < -0.39 is 23.3 Å². The highest BCUT2D eigenvalue weighted by Crippen LogP contribution is 2.27. The first-order valence-corrected chi connectivity index (χ1v) is 7.59. The first-order valence-electron chi connectivity index (χ1n) is 7.59. The summed E-state index contributed by atoms with van der Waals surface area (Å²) < 4.78 is 0. The molecule has 0 saturated heterocycles. The van der Waals surface area contributed by atoms with E-state index in [9.17, 15) is 14.4 Å². The van der Waals surface area contributed by atoms with Gasteiger partial charge in [0.05, 0.1) is 0 Å². The second-order valence-electron chi connectivity index (χ2n) is 5.40. The molecule has 146 valence electrons. The van der Waals surface area contributed by atoms with Gasteiger partial charge in [0, 0.05) is 0 Å². The van der Waals surface area contributed by atoms with Crippen LogP contribution < -0.4 is 18.5 Å². The summed E-state index contributed by atoms with van der Waals surface area (Å²) in [5.74, 6) is -5.41. The Morgan fingerprint density at radius 2 is 0.917 bits per heavy atom. The smallest absolute Gasteiger partial charge is 0.332 e. The minimum Gasteiger partial charge on any atom is -0.480 e. The van der Waals surface area contributed by atoms with Gasteiger partial charge in [0.1, 0.15) is 0 Å². The van der Waals surface area contributed by atoms with Crippen molar-refractivity contribution in [3.05, 3.63) is 0 Å². The number of aliphatic carboxylic acids is 3. The van der Waals surface area contributed by atoms with Crippen molar-refractivity contribution in [3.8, 4) is 0 Å². The monoisotopic (exact) mass is 353 g/mol. The molecule has 0 aliphatic heterocycles. The molecular weight excluding hydrogens is 318 g/mol. The summed E-state index contributed by atoms with van der Waals surface area (Å²) in [5.41, 5.74) is -2.71. The van der Waals surface area contributed by atoms with Crippen molar-refractivity contribution in [2.24, 2.45) is 5.41 Å². The molecule has 0 rings (SSSR count). The molecule has 0 fully saturated rings. The molecule has 0 atom stereocenters. The summed E-state index contributed by atoms with van der Waals surface area (Å²) in [4.78, 5) is 33.0. The number of carbonyl (C=O) groups is 3. The zero-order valence-electron chi connectivity index (χ0n) is 14.8.